The van der Waals surface area contributed by atoms with Crippen molar-refractivity contribution in [2.24, 2.45) is 0 Å². The monoisotopic (exact) mass is 360 g/mol. The number of sulfone groups is 1. The minimum atomic E-state index is -3.19. The van der Waals surface area contributed by atoms with E-state index in [1.54, 1.807) is 24.1 Å². The summed E-state index contributed by atoms with van der Waals surface area (Å²) in [5.41, 5.74) is 1.55. The third-order valence-corrected chi connectivity index (χ3v) is 6.11. The van der Waals surface area contributed by atoms with Gasteiger partial charge in [0.15, 0.2) is 9.84 Å². The number of hydrogen-bond acceptors (Lipinski definition) is 5. The number of rotatable bonds is 5. The Morgan fingerprint density at radius 1 is 1.43 bits per heavy atom. The van der Waals surface area contributed by atoms with E-state index < -0.39 is 22.0 Å². The molecule has 8 heteroatoms. The van der Waals surface area contributed by atoms with Crippen LogP contribution in [0.2, 0.25) is 5.02 Å². The predicted octanol–water partition coefficient (Wildman–Crippen LogP) is 1.07. The van der Waals surface area contributed by atoms with Gasteiger partial charge >= 0.3 is 0 Å². The number of anilines is 1. The molecule has 1 saturated heterocycles. The van der Waals surface area contributed by atoms with Crippen LogP contribution in [0.15, 0.2) is 18.2 Å². The van der Waals surface area contributed by atoms with E-state index in [2.05, 4.69) is 5.32 Å². The number of aliphatic hydroxyl groups excluding tert-OH is 1. The van der Waals surface area contributed by atoms with Gasteiger partial charge in [-0.05, 0) is 31.7 Å². The van der Waals surface area contributed by atoms with Crippen molar-refractivity contribution >= 4 is 33.0 Å². The van der Waals surface area contributed by atoms with E-state index >= 15 is 0 Å². The molecule has 2 N–H and O–H groups in total. The van der Waals surface area contributed by atoms with E-state index in [-0.39, 0.29) is 23.8 Å². The summed E-state index contributed by atoms with van der Waals surface area (Å²) >= 11 is 6.01. The van der Waals surface area contributed by atoms with Crippen molar-refractivity contribution in [3.8, 4) is 0 Å². The van der Waals surface area contributed by atoms with E-state index in [1.807, 2.05) is 13.0 Å². The number of nitrogens with one attached hydrogen (secondary N) is 1. The first-order chi connectivity index (χ1) is 10.7. The average Bonchev–Trinajstić information content (AvgIpc) is 2.73. The molecule has 23 heavy (non-hydrogen) atoms. The molecule has 128 valence electrons. The van der Waals surface area contributed by atoms with Gasteiger partial charge < -0.3 is 10.4 Å². The van der Waals surface area contributed by atoms with Crippen LogP contribution in [-0.4, -0.2) is 61.6 Å². The van der Waals surface area contributed by atoms with Gasteiger partial charge in [-0.1, -0.05) is 17.7 Å². The molecule has 1 aliphatic heterocycles. The first kappa shape index (κ1) is 18.2. The molecule has 2 rings (SSSR count). The van der Waals surface area contributed by atoms with Crippen molar-refractivity contribution in [2.75, 3.05) is 30.4 Å². The smallest absolute Gasteiger partial charge is 0.225 e. The van der Waals surface area contributed by atoms with Crippen LogP contribution < -0.4 is 5.32 Å². The third-order valence-electron chi connectivity index (χ3n) is 4.01. The Morgan fingerprint density at radius 3 is 2.70 bits per heavy atom. The van der Waals surface area contributed by atoms with Crippen molar-refractivity contribution in [3.05, 3.63) is 28.8 Å². The zero-order valence-electron chi connectivity index (χ0n) is 13.1. The number of benzene rings is 1. The fourth-order valence-electron chi connectivity index (χ4n) is 2.57. The fourth-order valence-corrected chi connectivity index (χ4v) is 4.63. The topological polar surface area (TPSA) is 86.7 Å². The first-order valence-corrected chi connectivity index (χ1v) is 9.52. The van der Waals surface area contributed by atoms with E-state index in [9.17, 15) is 18.3 Å². The van der Waals surface area contributed by atoms with Crippen molar-refractivity contribution in [1.29, 1.82) is 0 Å². The second kappa shape index (κ2) is 7.17. The Kier molecular flexibility index (Phi) is 5.67. The number of likely N-dealkylation sites (N-methyl/N-ethyl adjacent to an activating group) is 1. The van der Waals surface area contributed by atoms with Gasteiger partial charge in [-0.25, -0.2) is 8.42 Å². The van der Waals surface area contributed by atoms with Gasteiger partial charge in [-0.2, -0.15) is 0 Å². The zero-order chi connectivity index (χ0) is 17.2. The van der Waals surface area contributed by atoms with Crippen molar-refractivity contribution in [3.63, 3.8) is 0 Å². The summed E-state index contributed by atoms with van der Waals surface area (Å²) in [7, 11) is -1.48. The summed E-state index contributed by atoms with van der Waals surface area (Å²) in [6.45, 7) is 2.24. The highest BCUT2D eigenvalue weighted by Crippen LogP contribution is 2.20. The van der Waals surface area contributed by atoms with Crippen LogP contribution in [0.5, 0.6) is 0 Å². The maximum atomic E-state index is 12.0. The predicted molar refractivity (Wildman–Crippen MR) is 90.5 cm³/mol. The Hall–Kier alpha value is -1.15. The molecule has 0 bridgehead atoms. The Balaban J connectivity index is 1.85. The molecular weight excluding hydrogens is 340 g/mol. The van der Waals surface area contributed by atoms with Gasteiger partial charge in [0, 0.05) is 23.7 Å². The lowest BCUT2D eigenvalue weighted by Crippen LogP contribution is -2.41. The zero-order valence-corrected chi connectivity index (χ0v) is 14.7. The Labute approximate surface area is 141 Å². The average molecular weight is 361 g/mol. The minimum Gasteiger partial charge on any atom is -0.390 e. The Bertz CT molecular complexity index is 693. The second-order valence-electron chi connectivity index (χ2n) is 5.95. The molecule has 0 saturated carbocycles. The number of halogens is 1. The maximum Gasteiger partial charge on any atom is 0.225 e. The van der Waals surface area contributed by atoms with Crippen molar-refractivity contribution < 1.29 is 18.3 Å². The number of aryl methyl sites for hydroxylation is 1. The number of amides is 1. The molecule has 1 heterocycles. The lowest BCUT2D eigenvalue weighted by Gasteiger charge is -2.25. The SMILES string of the molecule is Cc1ccc(NC(=O)CCN(C)[C@@H]2CS(=O)(=O)C[C@H]2O)cc1Cl. The highest BCUT2D eigenvalue weighted by molar-refractivity contribution is 7.91. The molecule has 0 spiro atoms. The third kappa shape index (κ3) is 4.91. The summed E-state index contributed by atoms with van der Waals surface area (Å²) in [6, 6.07) is 4.83. The first-order valence-electron chi connectivity index (χ1n) is 7.33. The van der Waals surface area contributed by atoms with Crippen LogP contribution in [0.1, 0.15) is 12.0 Å². The molecule has 0 unspecified atom stereocenters. The summed E-state index contributed by atoms with van der Waals surface area (Å²) in [5.74, 6) is -0.470. The molecule has 1 amide bonds. The number of carbonyl (C=O) groups excluding carboxylic acids is 1. The fraction of sp³-hybridized carbons (Fsp3) is 0.533. The van der Waals surface area contributed by atoms with Crippen molar-refractivity contribution in [1.82, 2.24) is 4.90 Å². The van der Waals surface area contributed by atoms with Crippen LogP contribution in [0.25, 0.3) is 0 Å². The number of carbonyl (C=O) groups is 1. The van der Waals surface area contributed by atoms with Crippen molar-refractivity contribution in [2.45, 2.75) is 25.5 Å². The van der Waals surface area contributed by atoms with E-state index in [4.69, 9.17) is 11.6 Å². The largest absolute Gasteiger partial charge is 0.390 e. The molecule has 2 atom stereocenters. The molecule has 0 aliphatic carbocycles. The van der Waals surface area contributed by atoms with Crippen LogP contribution >= 0.6 is 11.6 Å². The summed E-state index contributed by atoms with van der Waals surface area (Å²) in [6.07, 6.45) is -0.699. The van der Waals surface area contributed by atoms with E-state index in [1.165, 1.54) is 0 Å². The van der Waals surface area contributed by atoms with Crippen LogP contribution in [0, 0.1) is 6.92 Å². The number of nitrogens with zero attached hydrogens (tertiary/aromatic N) is 1. The van der Waals surface area contributed by atoms with Gasteiger partial charge in [-0.3, -0.25) is 9.69 Å². The summed E-state index contributed by atoms with van der Waals surface area (Å²) in [5, 5.41) is 13.2. The lowest BCUT2D eigenvalue weighted by molar-refractivity contribution is -0.116. The second-order valence-corrected chi connectivity index (χ2v) is 8.52. The summed E-state index contributed by atoms with van der Waals surface area (Å²) in [4.78, 5) is 13.7. The molecule has 1 aromatic rings. The molecule has 0 radical (unpaired) electrons. The van der Waals surface area contributed by atoms with Crippen LogP contribution in [-0.2, 0) is 14.6 Å². The van der Waals surface area contributed by atoms with Crippen LogP contribution in [0.4, 0.5) is 5.69 Å². The van der Waals surface area contributed by atoms with Gasteiger partial charge in [0.05, 0.1) is 23.7 Å². The molecule has 6 nitrogen and oxygen atoms in total. The quantitative estimate of drug-likeness (QED) is 0.820. The minimum absolute atomic E-state index is 0.0696. The maximum absolute atomic E-state index is 12.0. The van der Waals surface area contributed by atoms with Gasteiger partial charge in [-0.15, -0.1) is 0 Å². The number of hydrogen-bond donors (Lipinski definition) is 2. The van der Waals surface area contributed by atoms with Gasteiger partial charge in [0.2, 0.25) is 5.91 Å². The van der Waals surface area contributed by atoms with Crippen LogP contribution in [0.3, 0.4) is 0 Å². The molecule has 1 aromatic carbocycles. The van der Waals surface area contributed by atoms with Gasteiger partial charge in [0.1, 0.15) is 0 Å². The lowest BCUT2D eigenvalue weighted by atomic mass is 10.2. The van der Waals surface area contributed by atoms with E-state index in [0.717, 1.165) is 5.56 Å². The van der Waals surface area contributed by atoms with Gasteiger partial charge in [0.25, 0.3) is 0 Å². The number of aliphatic hydroxyl groups is 1. The molecule has 1 aliphatic rings. The standard InChI is InChI=1S/C15H21ClN2O4S/c1-10-3-4-11(7-12(10)16)17-15(20)5-6-18(2)13-8-23(21,22)9-14(13)19/h3-4,7,13-14,19H,5-6,8-9H2,1-2H3,(H,17,20)/t13-,14-/m1/s1. The highest BCUT2D eigenvalue weighted by atomic mass is 35.5. The Morgan fingerprint density at radius 2 is 2.13 bits per heavy atom. The van der Waals surface area contributed by atoms with E-state index in [0.29, 0.717) is 17.3 Å². The highest BCUT2D eigenvalue weighted by Gasteiger charge is 2.38. The molecular formula is C15H21ClN2O4S. The molecule has 0 aromatic heterocycles. The summed E-state index contributed by atoms with van der Waals surface area (Å²) < 4.78 is 23.0. The normalized spacial score (nSPS) is 23.2. The molecule has 1 fully saturated rings.